The van der Waals surface area contributed by atoms with Crippen molar-refractivity contribution in [2.24, 2.45) is 0 Å². The molecule has 2 amide bonds. The number of thiocarbonyl (C=S) groups is 1. The summed E-state index contributed by atoms with van der Waals surface area (Å²) < 4.78 is 5.27. The van der Waals surface area contributed by atoms with Crippen LogP contribution in [0.3, 0.4) is 0 Å². The molecule has 0 heterocycles. The highest BCUT2D eigenvalue weighted by atomic mass is 32.1. The summed E-state index contributed by atoms with van der Waals surface area (Å²) in [5, 5.41) is 17.3. The number of carboxylic acids is 1. The molecule has 182 valence electrons. The van der Waals surface area contributed by atoms with Gasteiger partial charge in [0.25, 0.3) is 0 Å². The fourth-order valence-electron chi connectivity index (χ4n) is 3.12. The van der Waals surface area contributed by atoms with Crippen molar-refractivity contribution in [3.63, 3.8) is 0 Å². The molecule has 0 unspecified atom stereocenters. The van der Waals surface area contributed by atoms with Gasteiger partial charge in [0.15, 0.2) is 0 Å². The molecule has 34 heavy (non-hydrogen) atoms. The number of aliphatic carboxylic acids is 1. The molecule has 1 atom stereocenters. The normalized spacial score (nSPS) is 11.2. The summed E-state index contributed by atoms with van der Waals surface area (Å²) in [6.07, 6.45) is 2.27. The van der Waals surface area contributed by atoms with E-state index in [-0.39, 0.29) is 18.9 Å². The summed E-state index contributed by atoms with van der Waals surface area (Å²) in [6.45, 7) is 0.723. The van der Waals surface area contributed by atoms with E-state index in [1.54, 1.807) is 12.1 Å². The van der Waals surface area contributed by atoms with Crippen LogP contribution in [0.5, 0.6) is 0 Å². The zero-order valence-corrected chi connectivity index (χ0v) is 19.8. The van der Waals surface area contributed by atoms with E-state index >= 15 is 0 Å². The maximum absolute atomic E-state index is 12.8. The quantitative estimate of drug-likeness (QED) is 0.233. The Morgan fingerprint density at radius 1 is 0.912 bits per heavy atom. The van der Waals surface area contributed by atoms with Crippen LogP contribution in [0.2, 0.25) is 0 Å². The van der Waals surface area contributed by atoms with Crippen LogP contribution in [0.1, 0.15) is 44.1 Å². The Morgan fingerprint density at radius 3 is 2.26 bits per heavy atom. The lowest BCUT2D eigenvalue weighted by Gasteiger charge is -2.18. The van der Waals surface area contributed by atoms with E-state index in [0.29, 0.717) is 42.9 Å². The maximum Gasteiger partial charge on any atom is 0.408 e. The molecule has 9 heteroatoms. The summed E-state index contributed by atoms with van der Waals surface area (Å²) >= 11 is 5.21. The van der Waals surface area contributed by atoms with Gasteiger partial charge in [-0.15, -0.1) is 0 Å². The SMILES string of the molecule is O=C(O)CCCC(=S)NCCCC[C@H](NC(=O)OCc1ccccc1)C(=O)Nc1ccccc1. The maximum atomic E-state index is 12.8. The molecular formula is C25H31N3O5S. The summed E-state index contributed by atoms with van der Waals surface area (Å²) in [6, 6.07) is 17.6. The van der Waals surface area contributed by atoms with E-state index in [2.05, 4.69) is 16.0 Å². The highest BCUT2D eigenvalue weighted by molar-refractivity contribution is 7.80. The van der Waals surface area contributed by atoms with E-state index in [9.17, 15) is 14.4 Å². The van der Waals surface area contributed by atoms with Gasteiger partial charge in [-0.1, -0.05) is 60.7 Å². The molecule has 0 spiro atoms. The molecule has 2 rings (SSSR count). The number of ether oxygens (including phenoxy) is 1. The molecule has 0 aliphatic rings. The van der Waals surface area contributed by atoms with Crippen LogP contribution in [-0.4, -0.2) is 40.7 Å². The molecule has 0 bridgehead atoms. The first-order valence-electron chi connectivity index (χ1n) is 11.3. The first-order valence-corrected chi connectivity index (χ1v) is 11.7. The van der Waals surface area contributed by atoms with Gasteiger partial charge < -0.3 is 25.8 Å². The standard InChI is InChI=1S/C25H31N3O5S/c29-23(30)16-9-15-22(34)26-17-8-7-14-21(24(31)27-20-12-5-2-6-13-20)28-25(32)33-18-19-10-3-1-4-11-19/h1-6,10-13,21H,7-9,14-18H2,(H,26,34)(H,27,31)(H,28,32)(H,29,30)/t21-/m0/s1. The van der Waals surface area contributed by atoms with Gasteiger partial charge in [-0.05, 0) is 49.8 Å². The summed E-state index contributed by atoms with van der Waals surface area (Å²) in [5.74, 6) is -1.16. The molecule has 0 aliphatic carbocycles. The summed E-state index contributed by atoms with van der Waals surface area (Å²) in [4.78, 5) is 36.3. The van der Waals surface area contributed by atoms with Gasteiger partial charge in [-0.25, -0.2) is 4.79 Å². The Balaban J connectivity index is 1.80. The predicted molar refractivity (Wildman–Crippen MR) is 135 cm³/mol. The van der Waals surface area contributed by atoms with Gasteiger partial charge in [-0.2, -0.15) is 0 Å². The number of carboxylic acid groups (broad SMARTS) is 1. The third-order valence-corrected chi connectivity index (χ3v) is 5.25. The van der Waals surface area contributed by atoms with Crippen molar-refractivity contribution in [2.75, 3.05) is 11.9 Å². The Morgan fingerprint density at radius 2 is 1.59 bits per heavy atom. The lowest BCUT2D eigenvalue weighted by molar-refractivity contribution is -0.137. The number of carbonyl (C=O) groups excluding carboxylic acids is 2. The second-order valence-electron chi connectivity index (χ2n) is 7.71. The second-order valence-corrected chi connectivity index (χ2v) is 8.20. The number of unbranched alkanes of at least 4 members (excludes halogenated alkanes) is 1. The Bertz CT molecular complexity index is 925. The lowest BCUT2D eigenvalue weighted by atomic mass is 10.1. The molecule has 2 aromatic rings. The number of hydrogen-bond donors (Lipinski definition) is 4. The molecular weight excluding hydrogens is 454 g/mol. The number of carbonyl (C=O) groups is 3. The lowest BCUT2D eigenvalue weighted by Crippen LogP contribution is -2.44. The topological polar surface area (TPSA) is 117 Å². The minimum atomic E-state index is -0.836. The molecule has 2 aromatic carbocycles. The Hall–Kier alpha value is -3.46. The smallest absolute Gasteiger partial charge is 0.408 e. The van der Waals surface area contributed by atoms with Crippen molar-refractivity contribution in [1.29, 1.82) is 0 Å². The van der Waals surface area contributed by atoms with Crippen LogP contribution in [0.15, 0.2) is 60.7 Å². The van der Waals surface area contributed by atoms with Crippen molar-refractivity contribution in [3.8, 4) is 0 Å². The van der Waals surface area contributed by atoms with E-state index in [0.717, 1.165) is 12.0 Å². The number of hydrogen-bond acceptors (Lipinski definition) is 5. The molecule has 4 N–H and O–H groups in total. The fourth-order valence-corrected chi connectivity index (χ4v) is 3.36. The van der Waals surface area contributed by atoms with Crippen molar-refractivity contribution >= 4 is 40.9 Å². The van der Waals surface area contributed by atoms with Crippen LogP contribution in [-0.2, 0) is 20.9 Å². The van der Waals surface area contributed by atoms with Crippen LogP contribution < -0.4 is 16.0 Å². The number of nitrogens with one attached hydrogen (secondary N) is 3. The minimum absolute atomic E-state index is 0.0894. The molecule has 0 fully saturated rings. The number of amides is 2. The van der Waals surface area contributed by atoms with Crippen molar-refractivity contribution in [1.82, 2.24) is 10.6 Å². The Kier molecular flexibility index (Phi) is 12.1. The zero-order chi connectivity index (χ0) is 24.6. The zero-order valence-electron chi connectivity index (χ0n) is 19.0. The van der Waals surface area contributed by atoms with Gasteiger partial charge in [0.1, 0.15) is 12.6 Å². The first kappa shape index (κ1) is 26.8. The highest BCUT2D eigenvalue weighted by Gasteiger charge is 2.21. The molecule has 0 aliphatic heterocycles. The largest absolute Gasteiger partial charge is 0.481 e. The van der Waals surface area contributed by atoms with Gasteiger partial charge >= 0.3 is 12.1 Å². The van der Waals surface area contributed by atoms with E-state index in [1.165, 1.54) is 0 Å². The number of rotatable bonds is 14. The fraction of sp³-hybridized carbons (Fsp3) is 0.360. The predicted octanol–water partition coefficient (Wildman–Crippen LogP) is 4.26. The van der Waals surface area contributed by atoms with Crippen LogP contribution in [0.4, 0.5) is 10.5 Å². The number of benzene rings is 2. The first-order chi connectivity index (χ1) is 16.4. The minimum Gasteiger partial charge on any atom is -0.481 e. The molecule has 0 aromatic heterocycles. The monoisotopic (exact) mass is 485 g/mol. The summed E-state index contributed by atoms with van der Waals surface area (Å²) in [7, 11) is 0. The van der Waals surface area contributed by atoms with Gasteiger partial charge in [0.2, 0.25) is 5.91 Å². The number of anilines is 1. The van der Waals surface area contributed by atoms with Crippen LogP contribution in [0.25, 0.3) is 0 Å². The molecule has 0 radical (unpaired) electrons. The average Bonchev–Trinajstić information content (AvgIpc) is 2.83. The van der Waals surface area contributed by atoms with Gasteiger partial charge in [0.05, 0.1) is 4.99 Å². The van der Waals surface area contributed by atoms with Crippen LogP contribution in [0, 0.1) is 0 Å². The second kappa shape index (κ2) is 15.4. The van der Waals surface area contributed by atoms with Crippen molar-refractivity contribution in [2.45, 2.75) is 51.2 Å². The Labute approximate surface area is 205 Å². The van der Waals surface area contributed by atoms with Crippen molar-refractivity contribution in [3.05, 3.63) is 66.2 Å². The van der Waals surface area contributed by atoms with Crippen molar-refractivity contribution < 1.29 is 24.2 Å². The van der Waals surface area contributed by atoms with E-state index in [1.807, 2.05) is 48.5 Å². The van der Waals surface area contributed by atoms with Gasteiger partial charge in [-0.3, -0.25) is 9.59 Å². The molecule has 0 saturated carbocycles. The molecule has 0 saturated heterocycles. The molecule has 8 nitrogen and oxygen atoms in total. The summed E-state index contributed by atoms with van der Waals surface area (Å²) in [5.41, 5.74) is 1.50. The highest BCUT2D eigenvalue weighted by Crippen LogP contribution is 2.09. The number of para-hydroxylation sites is 1. The van der Waals surface area contributed by atoms with Crippen LogP contribution >= 0.6 is 12.2 Å². The number of alkyl carbamates (subject to hydrolysis) is 1. The average molecular weight is 486 g/mol. The third kappa shape index (κ3) is 11.4. The van der Waals surface area contributed by atoms with E-state index in [4.69, 9.17) is 22.1 Å². The van der Waals surface area contributed by atoms with E-state index < -0.39 is 18.1 Å². The van der Waals surface area contributed by atoms with Gasteiger partial charge in [0, 0.05) is 18.7 Å². The third-order valence-electron chi connectivity index (χ3n) is 4.90.